The van der Waals surface area contributed by atoms with Crippen LogP contribution in [0.4, 0.5) is 11.4 Å². The molecule has 2 aromatic rings. The van der Waals surface area contributed by atoms with Crippen LogP contribution < -0.4 is 16.7 Å². The van der Waals surface area contributed by atoms with E-state index in [0.717, 1.165) is 5.56 Å². The molecular weight excluding hydrogens is 290 g/mol. The maximum atomic E-state index is 12.0. The van der Waals surface area contributed by atoms with E-state index in [1.165, 1.54) is 16.3 Å². The zero-order valence-electron chi connectivity index (χ0n) is 11.8. The Bertz CT molecular complexity index is 707. The van der Waals surface area contributed by atoms with E-state index in [4.69, 9.17) is 5.73 Å². The monoisotopic (exact) mass is 307 g/mol. The number of aromatic nitrogens is 3. The third kappa shape index (κ3) is 3.66. The minimum Gasteiger partial charge on any atom is -0.399 e. The van der Waals surface area contributed by atoms with E-state index < -0.39 is 0 Å². The molecule has 2 rings (SSSR count). The first-order valence-corrected chi connectivity index (χ1v) is 7.43. The van der Waals surface area contributed by atoms with Crippen molar-refractivity contribution in [3.63, 3.8) is 0 Å². The second-order valence-corrected chi connectivity index (χ2v) is 5.41. The van der Waals surface area contributed by atoms with E-state index in [-0.39, 0.29) is 17.3 Å². The Morgan fingerprint density at radius 2 is 2.29 bits per heavy atom. The Balaban J connectivity index is 1.99. The average molecular weight is 307 g/mol. The molecule has 7 nitrogen and oxygen atoms in total. The molecule has 0 aliphatic rings. The van der Waals surface area contributed by atoms with Crippen molar-refractivity contribution in [3.05, 3.63) is 34.2 Å². The quantitative estimate of drug-likeness (QED) is 0.569. The minimum absolute atomic E-state index is 0.165. The fraction of sp³-hybridized carbons (Fsp3) is 0.308. The van der Waals surface area contributed by atoms with E-state index in [2.05, 4.69) is 15.5 Å². The fourth-order valence-corrected chi connectivity index (χ4v) is 2.59. The number of H-pyrrole nitrogens is 1. The van der Waals surface area contributed by atoms with Crippen LogP contribution in [0.25, 0.3) is 0 Å². The van der Waals surface area contributed by atoms with Crippen molar-refractivity contribution in [2.75, 3.05) is 16.8 Å². The van der Waals surface area contributed by atoms with E-state index in [1.807, 2.05) is 19.9 Å². The predicted molar refractivity (Wildman–Crippen MR) is 83.5 cm³/mol. The molecular formula is C13H17N5O2S. The number of rotatable bonds is 5. The van der Waals surface area contributed by atoms with E-state index in [1.54, 1.807) is 12.1 Å². The van der Waals surface area contributed by atoms with Gasteiger partial charge in [0.2, 0.25) is 5.91 Å². The zero-order chi connectivity index (χ0) is 15.4. The molecule has 21 heavy (non-hydrogen) atoms. The fourth-order valence-electron chi connectivity index (χ4n) is 1.78. The molecule has 1 amide bonds. The summed E-state index contributed by atoms with van der Waals surface area (Å²) < 4.78 is 1.48. The lowest BCUT2D eigenvalue weighted by Crippen LogP contribution is -2.18. The minimum atomic E-state index is -0.271. The van der Waals surface area contributed by atoms with E-state index >= 15 is 0 Å². The lowest BCUT2D eigenvalue weighted by Gasteiger charge is -2.09. The van der Waals surface area contributed by atoms with Crippen molar-refractivity contribution in [2.45, 2.75) is 25.5 Å². The van der Waals surface area contributed by atoms with Crippen molar-refractivity contribution in [2.24, 2.45) is 0 Å². The number of anilines is 2. The van der Waals surface area contributed by atoms with Gasteiger partial charge in [-0.2, -0.15) is 0 Å². The lowest BCUT2D eigenvalue weighted by atomic mass is 10.2. The van der Waals surface area contributed by atoms with Crippen LogP contribution in [-0.2, 0) is 11.3 Å². The van der Waals surface area contributed by atoms with Crippen LogP contribution in [0.3, 0.4) is 0 Å². The third-order valence-electron chi connectivity index (χ3n) is 2.91. The second-order valence-electron chi connectivity index (χ2n) is 4.47. The van der Waals surface area contributed by atoms with Gasteiger partial charge in [-0.15, -0.1) is 5.10 Å². The Hall–Kier alpha value is -2.22. The van der Waals surface area contributed by atoms with Gasteiger partial charge in [-0.1, -0.05) is 17.8 Å². The lowest BCUT2D eigenvalue weighted by molar-refractivity contribution is -0.113. The standard InChI is InChI=1S/C13H17N5O2S/c1-3-18-12(20)16-17-13(18)21-7-11(19)15-10-6-9(14)5-4-8(10)2/h4-6H,3,7,14H2,1-2H3,(H,15,19)(H,16,20). The van der Waals surface area contributed by atoms with E-state index in [9.17, 15) is 9.59 Å². The molecule has 1 heterocycles. The smallest absolute Gasteiger partial charge is 0.343 e. The normalized spacial score (nSPS) is 10.6. The highest BCUT2D eigenvalue weighted by atomic mass is 32.2. The number of hydrogen-bond acceptors (Lipinski definition) is 5. The van der Waals surface area contributed by atoms with Crippen molar-refractivity contribution >= 4 is 29.0 Å². The van der Waals surface area contributed by atoms with Gasteiger partial charge in [0.25, 0.3) is 0 Å². The van der Waals surface area contributed by atoms with Crippen LogP contribution in [0, 0.1) is 6.92 Å². The van der Waals surface area contributed by atoms with Gasteiger partial charge in [0, 0.05) is 17.9 Å². The zero-order valence-corrected chi connectivity index (χ0v) is 12.7. The second kappa shape index (κ2) is 6.49. The first-order valence-electron chi connectivity index (χ1n) is 6.45. The first-order chi connectivity index (χ1) is 10.0. The highest BCUT2D eigenvalue weighted by Gasteiger charge is 2.11. The van der Waals surface area contributed by atoms with Gasteiger partial charge in [0.05, 0.1) is 5.75 Å². The summed E-state index contributed by atoms with van der Waals surface area (Å²) in [6, 6.07) is 5.35. The first kappa shape index (κ1) is 15.2. The molecule has 0 aliphatic heterocycles. The molecule has 1 aromatic heterocycles. The number of nitrogens with two attached hydrogens (primary N) is 1. The third-order valence-corrected chi connectivity index (χ3v) is 3.88. The maximum absolute atomic E-state index is 12.0. The molecule has 0 radical (unpaired) electrons. The number of carbonyl (C=O) groups excluding carboxylic acids is 1. The van der Waals surface area contributed by atoms with Gasteiger partial charge in [0.1, 0.15) is 0 Å². The number of nitrogens with zero attached hydrogens (tertiary/aromatic N) is 2. The molecule has 0 bridgehead atoms. The Kier molecular flexibility index (Phi) is 4.69. The summed E-state index contributed by atoms with van der Waals surface area (Å²) in [6.07, 6.45) is 0. The van der Waals surface area contributed by atoms with Gasteiger partial charge >= 0.3 is 5.69 Å². The van der Waals surface area contributed by atoms with Gasteiger partial charge in [-0.05, 0) is 31.5 Å². The van der Waals surface area contributed by atoms with Crippen LogP contribution in [0.15, 0.2) is 28.2 Å². The predicted octanol–water partition coefficient (Wildman–Crippen LogP) is 1.21. The molecule has 0 aliphatic carbocycles. The Labute approximate surface area is 125 Å². The van der Waals surface area contributed by atoms with Crippen LogP contribution >= 0.6 is 11.8 Å². The Morgan fingerprint density at radius 1 is 1.52 bits per heavy atom. The van der Waals surface area contributed by atoms with Crippen LogP contribution in [0.5, 0.6) is 0 Å². The van der Waals surface area contributed by atoms with Crippen LogP contribution in [0.2, 0.25) is 0 Å². The summed E-state index contributed by atoms with van der Waals surface area (Å²) in [5.74, 6) is -0.00905. The number of carbonyl (C=O) groups is 1. The highest BCUT2D eigenvalue weighted by molar-refractivity contribution is 7.99. The summed E-state index contributed by atoms with van der Waals surface area (Å²) in [6.45, 7) is 4.25. The topological polar surface area (TPSA) is 106 Å². The molecule has 0 unspecified atom stereocenters. The number of amides is 1. The largest absolute Gasteiger partial charge is 0.399 e. The number of nitrogens with one attached hydrogen (secondary N) is 2. The number of hydrogen-bond donors (Lipinski definition) is 3. The number of nitrogen functional groups attached to an aromatic ring is 1. The van der Waals surface area contributed by atoms with Crippen molar-refractivity contribution < 1.29 is 4.79 Å². The van der Waals surface area contributed by atoms with Crippen molar-refractivity contribution in [1.29, 1.82) is 0 Å². The molecule has 0 saturated carbocycles. The van der Waals surface area contributed by atoms with Gasteiger partial charge in [0.15, 0.2) is 5.16 Å². The molecule has 4 N–H and O–H groups in total. The molecule has 1 aromatic carbocycles. The summed E-state index contributed by atoms with van der Waals surface area (Å²) in [7, 11) is 0. The summed E-state index contributed by atoms with van der Waals surface area (Å²) in [5, 5.41) is 9.55. The molecule has 8 heteroatoms. The molecule has 0 atom stereocenters. The highest BCUT2D eigenvalue weighted by Crippen LogP contribution is 2.19. The maximum Gasteiger partial charge on any atom is 0.343 e. The van der Waals surface area contributed by atoms with E-state index in [0.29, 0.717) is 23.1 Å². The molecule has 0 spiro atoms. The van der Waals surface area contributed by atoms with Gasteiger partial charge in [-0.3, -0.25) is 9.36 Å². The van der Waals surface area contributed by atoms with Crippen LogP contribution in [-0.4, -0.2) is 26.4 Å². The van der Waals surface area contributed by atoms with Gasteiger partial charge in [-0.25, -0.2) is 9.89 Å². The average Bonchev–Trinajstić information content (AvgIpc) is 2.81. The number of aromatic amines is 1. The summed E-state index contributed by atoms with van der Waals surface area (Å²) in [4.78, 5) is 23.4. The van der Waals surface area contributed by atoms with Crippen molar-refractivity contribution in [1.82, 2.24) is 14.8 Å². The SMILES string of the molecule is CCn1c(SCC(=O)Nc2cc(N)ccc2C)n[nH]c1=O. The van der Waals surface area contributed by atoms with Gasteiger partial charge < -0.3 is 11.1 Å². The number of aryl methyl sites for hydroxylation is 1. The summed E-state index contributed by atoms with van der Waals surface area (Å²) >= 11 is 1.21. The molecule has 0 saturated heterocycles. The molecule has 0 fully saturated rings. The summed E-state index contributed by atoms with van der Waals surface area (Å²) in [5.41, 5.74) is 7.65. The molecule has 112 valence electrons. The Morgan fingerprint density at radius 3 is 3.00 bits per heavy atom. The van der Waals surface area contributed by atoms with Crippen LogP contribution in [0.1, 0.15) is 12.5 Å². The number of thioether (sulfide) groups is 1. The van der Waals surface area contributed by atoms with Crippen molar-refractivity contribution in [3.8, 4) is 0 Å². The number of benzene rings is 1.